The molecule has 0 unspecified atom stereocenters. The van der Waals surface area contributed by atoms with Crippen molar-refractivity contribution in [2.75, 3.05) is 7.11 Å². The van der Waals surface area contributed by atoms with Gasteiger partial charge in [-0.3, -0.25) is 0 Å². The van der Waals surface area contributed by atoms with Gasteiger partial charge < -0.3 is 9.84 Å². The summed E-state index contributed by atoms with van der Waals surface area (Å²) in [6.45, 7) is 0. The lowest BCUT2D eigenvalue weighted by Gasteiger charge is -2.57. The van der Waals surface area contributed by atoms with Gasteiger partial charge in [0.15, 0.2) is 0 Å². The van der Waals surface area contributed by atoms with E-state index in [1.807, 2.05) is 6.07 Å². The Morgan fingerprint density at radius 2 is 1.75 bits per heavy atom. The van der Waals surface area contributed by atoms with E-state index in [0.717, 1.165) is 41.2 Å². The Balaban J connectivity index is 1.40. The average Bonchev–Trinajstić information content (AvgIpc) is 3.14. The van der Waals surface area contributed by atoms with Crippen molar-refractivity contribution in [1.29, 1.82) is 0 Å². The second-order valence-corrected chi connectivity index (χ2v) is 10.5. The van der Waals surface area contributed by atoms with E-state index in [-0.39, 0.29) is 0 Å². The largest absolute Gasteiger partial charge is 0.496 e. The lowest BCUT2D eigenvalue weighted by Crippen LogP contribution is -2.48. The highest BCUT2D eigenvalue weighted by Crippen LogP contribution is 2.61. The molecule has 4 aliphatic carbocycles. The summed E-state index contributed by atoms with van der Waals surface area (Å²) >= 11 is 1.40. The predicted molar refractivity (Wildman–Crippen MR) is 112 cm³/mol. The number of benzene rings is 1. The van der Waals surface area contributed by atoms with Crippen LogP contribution in [0.5, 0.6) is 5.75 Å². The highest BCUT2D eigenvalue weighted by molar-refractivity contribution is 7.13. The molecule has 0 radical (unpaired) electrons. The number of aryl methyl sites for hydroxylation is 2. The summed E-state index contributed by atoms with van der Waals surface area (Å²) in [5.74, 6) is 2.99. The SMILES string of the molecule is COc1ccc(CCc2ccc(C(=O)O)s2)cc1C12CC3CC(CC(C3)C1)C2. The van der Waals surface area contributed by atoms with Crippen LogP contribution in [0.15, 0.2) is 30.3 Å². The van der Waals surface area contributed by atoms with Crippen LogP contribution in [0.1, 0.15) is 64.2 Å². The zero-order valence-electron chi connectivity index (χ0n) is 16.4. The summed E-state index contributed by atoms with van der Waals surface area (Å²) in [5.41, 5.74) is 3.12. The van der Waals surface area contributed by atoms with Gasteiger partial charge in [0, 0.05) is 10.4 Å². The third kappa shape index (κ3) is 3.16. The number of carbonyl (C=O) groups is 1. The van der Waals surface area contributed by atoms with Crippen molar-refractivity contribution in [3.8, 4) is 5.75 Å². The van der Waals surface area contributed by atoms with Gasteiger partial charge in [0.2, 0.25) is 0 Å². The quantitative estimate of drug-likeness (QED) is 0.680. The van der Waals surface area contributed by atoms with E-state index in [1.165, 1.54) is 61.0 Å². The Kier molecular flexibility index (Phi) is 4.50. The van der Waals surface area contributed by atoms with Crippen LogP contribution in [0.3, 0.4) is 0 Å². The van der Waals surface area contributed by atoms with Crippen molar-refractivity contribution in [3.63, 3.8) is 0 Å². The molecule has 0 aliphatic heterocycles. The van der Waals surface area contributed by atoms with E-state index in [2.05, 4.69) is 18.2 Å². The molecule has 1 aromatic heterocycles. The first-order valence-electron chi connectivity index (χ1n) is 10.5. The Bertz CT molecular complexity index is 862. The fourth-order valence-corrected chi connectivity index (χ4v) is 7.51. The summed E-state index contributed by atoms with van der Waals surface area (Å²) in [4.78, 5) is 12.7. The Labute approximate surface area is 170 Å². The lowest BCUT2D eigenvalue weighted by molar-refractivity contribution is -0.00619. The maximum absolute atomic E-state index is 11.1. The molecular formula is C24H28O3S. The number of methoxy groups -OCH3 is 1. The first kappa shape index (κ1) is 18.2. The monoisotopic (exact) mass is 396 g/mol. The Hall–Kier alpha value is -1.81. The molecule has 4 heteroatoms. The summed E-state index contributed by atoms with van der Waals surface area (Å²) in [6, 6.07) is 10.4. The maximum atomic E-state index is 11.1. The average molecular weight is 397 g/mol. The van der Waals surface area contributed by atoms with Gasteiger partial charge in [-0.15, -0.1) is 11.3 Å². The first-order chi connectivity index (χ1) is 13.5. The molecule has 4 saturated carbocycles. The zero-order valence-corrected chi connectivity index (χ0v) is 17.3. The molecule has 0 spiro atoms. The lowest BCUT2D eigenvalue weighted by atomic mass is 9.48. The topological polar surface area (TPSA) is 46.5 Å². The predicted octanol–water partition coefficient (Wildman–Crippen LogP) is 5.71. The summed E-state index contributed by atoms with van der Waals surface area (Å²) in [7, 11) is 1.80. The van der Waals surface area contributed by atoms with Gasteiger partial charge >= 0.3 is 5.97 Å². The molecular weight excluding hydrogens is 368 g/mol. The van der Waals surface area contributed by atoms with Gasteiger partial charge in [0.25, 0.3) is 0 Å². The number of thiophene rings is 1. The highest BCUT2D eigenvalue weighted by atomic mass is 32.1. The summed E-state index contributed by atoms with van der Waals surface area (Å²) in [6.07, 6.45) is 10.2. The number of hydrogen-bond donors (Lipinski definition) is 1. The summed E-state index contributed by atoms with van der Waals surface area (Å²) < 4.78 is 5.82. The van der Waals surface area contributed by atoms with Gasteiger partial charge in [-0.05, 0) is 98.3 Å². The number of ether oxygens (including phenoxy) is 1. The van der Waals surface area contributed by atoms with Crippen LogP contribution in [-0.4, -0.2) is 18.2 Å². The third-order valence-corrected chi connectivity index (χ3v) is 8.54. The molecule has 3 nitrogen and oxygen atoms in total. The second kappa shape index (κ2) is 6.91. The third-order valence-electron chi connectivity index (χ3n) is 7.41. The van der Waals surface area contributed by atoms with E-state index < -0.39 is 5.97 Å². The van der Waals surface area contributed by atoms with Crippen LogP contribution in [0.25, 0.3) is 0 Å². The van der Waals surface area contributed by atoms with Crippen LogP contribution in [0.2, 0.25) is 0 Å². The Morgan fingerprint density at radius 3 is 2.32 bits per heavy atom. The van der Waals surface area contributed by atoms with Crippen molar-refractivity contribution in [2.24, 2.45) is 17.8 Å². The van der Waals surface area contributed by atoms with Crippen LogP contribution in [0.4, 0.5) is 0 Å². The molecule has 0 atom stereocenters. The molecule has 28 heavy (non-hydrogen) atoms. The van der Waals surface area contributed by atoms with Gasteiger partial charge in [-0.25, -0.2) is 4.79 Å². The normalized spacial score (nSPS) is 30.5. The van der Waals surface area contributed by atoms with E-state index in [9.17, 15) is 4.79 Å². The fourth-order valence-electron chi connectivity index (χ4n) is 6.66. The molecule has 0 amide bonds. The number of carboxylic acids is 1. The van der Waals surface area contributed by atoms with E-state index in [0.29, 0.717) is 10.3 Å². The van der Waals surface area contributed by atoms with Crippen molar-refractivity contribution < 1.29 is 14.6 Å². The molecule has 2 aromatic rings. The molecule has 6 rings (SSSR count). The van der Waals surface area contributed by atoms with Crippen LogP contribution in [-0.2, 0) is 18.3 Å². The molecule has 4 aliphatic rings. The van der Waals surface area contributed by atoms with E-state index in [4.69, 9.17) is 9.84 Å². The minimum absolute atomic E-state index is 0.329. The summed E-state index contributed by atoms with van der Waals surface area (Å²) in [5, 5.41) is 9.13. The van der Waals surface area contributed by atoms with Crippen molar-refractivity contribution in [2.45, 2.75) is 56.8 Å². The first-order valence-corrected chi connectivity index (χ1v) is 11.4. The van der Waals surface area contributed by atoms with Crippen LogP contribution >= 0.6 is 11.3 Å². The minimum Gasteiger partial charge on any atom is -0.496 e. The van der Waals surface area contributed by atoms with Crippen LogP contribution in [0, 0.1) is 17.8 Å². The second-order valence-electron chi connectivity index (χ2n) is 9.30. The maximum Gasteiger partial charge on any atom is 0.345 e. The van der Waals surface area contributed by atoms with Gasteiger partial charge in [-0.1, -0.05) is 12.1 Å². The zero-order chi connectivity index (χ0) is 19.3. The molecule has 4 bridgehead atoms. The van der Waals surface area contributed by atoms with Gasteiger partial charge in [0.1, 0.15) is 10.6 Å². The minimum atomic E-state index is -0.829. The number of carboxylic acid groups (broad SMARTS) is 1. The van der Waals surface area contributed by atoms with E-state index in [1.54, 1.807) is 13.2 Å². The van der Waals surface area contributed by atoms with Gasteiger partial charge in [0.05, 0.1) is 7.11 Å². The van der Waals surface area contributed by atoms with Crippen LogP contribution < -0.4 is 4.74 Å². The molecule has 1 aromatic carbocycles. The number of rotatable bonds is 6. The fraction of sp³-hybridized carbons (Fsp3) is 0.542. The highest BCUT2D eigenvalue weighted by Gasteiger charge is 2.52. The smallest absolute Gasteiger partial charge is 0.345 e. The molecule has 1 N–H and O–H groups in total. The standard InChI is InChI=1S/C24H28O3S/c1-27-21-6-3-15(2-4-19-5-7-22(28-19)23(25)26)11-20(21)24-12-16-8-17(13-24)10-18(9-16)14-24/h3,5-7,11,16-18H,2,4,8-10,12-14H2,1H3,(H,25,26). The molecule has 1 heterocycles. The molecule has 4 fully saturated rings. The number of aromatic carboxylic acids is 1. The molecule has 0 saturated heterocycles. The van der Waals surface area contributed by atoms with Crippen molar-refractivity contribution in [3.05, 3.63) is 51.2 Å². The Morgan fingerprint density at radius 1 is 1.07 bits per heavy atom. The molecule has 148 valence electrons. The van der Waals surface area contributed by atoms with Crippen molar-refractivity contribution >= 4 is 17.3 Å². The van der Waals surface area contributed by atoms with E-state index >= 15 is 0 Å². The van der Waals surface area contributed by atoms with Crippen molar-refractivity contribution in [1.82, 2.24) is 0 Å². The van der Waals surface area contributed by atoms with Gasteiger partial charge in [-0.2, -0.15) is 0 Å². The number of hydrogen-bond acceptors (Lipinski definition) is 3.